The van der Waals surface area contributed by atoms with Crippen molar-refractivity contribution in [3.63, 3.8) is 0 Å². The minimum atomic E-state index is -0.466. The summed E-state index contributed by atoms with van der Waals surface area (Å²) in [5.74, 6) is -0.265. The first-order valence-corrected chi connectivity index (χ1v) is 7.29. The molecule has 0 saturated carbocycles. The molecule has 22 heavy (non-hydrogen) atoms. The van der Waals surface area contributed by atoms with Crippen molar-refractivity contribution < 1.29 is 14.7 Å². The van der Waals surface area contributed by atoms with E-state index in [4.69, 9.17) is 0 Å². The Bertz CT molecular complexity index is 549. The van der Waals surface area contributed by atoms with Crippen molar-refractivity contribution in [3.8, 4) is 0 Å². The summed E-state index contributed by atoms with van der Waals surface area (Å²) < 4.78 is 0. The van der Waals surface area contributed by atoms with E-state index in [9.17, 15) is 14.7 Å². The molecule has 1 saturated heterocycles. The summed E-state index contributed by atoms with van der Waals surface area (Å²) >= 11 is 0. The minimum absolute atomic E-state index is 0.109. The molecule has 120 valence electrons. The molecule has 1 aromatic rings. The number of β-amino-alcohol motifs (C(OH)–C–C–N with tert-alkyl or cyclic N) is 1. The van der Waals surface area contributed by atoms with Gasteiger partial charge in [0.25, 0.3) is 5.91 Å². The Hall–Kier alpha value is -2.22. The van der Waals surface area contributed by atoms with Gasteiger partial charge in [-0.15, -0.1) is 0 Å². The van der Waals surface area contributed by atoms with E-state index >= 15 is 0 Å². The Kier molecular flexibility index (Phi) is 5.26. The molecule has 1 atom stereocenters. The standard InChI is InChI=1S/C14H21N5O3/c1-9(2)17-14-15-5-3-11(18-14)13(22)16-7-12(21)19-6-4-10(20)8-19/h3,5,9-10,20H,4,6-8H2,1-2H3,(H,16,22)(H,15,17,18). The fraction of sp³-hybridized carbons (Fsp3) is 0.571. The normalized spacial score (nSPS) is 17.6. The maximum absolute atomic E-state index is 12.0. The molecule has 0 radical (unpaired) electrons. The second-order valence-corrected chi connectivity index (χ2v) is 5.53. The lowest BCUT2D eigenvalue weighted by Gasteiger charge is -2.15. The van der Waals surface area contributed by atoms with Crippen LogP contribution in [0.5, 0.6) is 0 Å². The van der Waals surface area contributed by atoms with Gasteiger partial charge in [0.2, 0.25) is 11.9 Å². The molecule has 8 nitrogen and oxygen atoms in total. The summed E-state index contributed by atoms with van der Waals surface area (Å²) in [6.07, 6.45) is 1.60. The molecule has 2 rings (SSSR count). The molecule has 2 amide bonds. The third kappa shape index (κ3) is 4.39. The van der Waals surface area contributed by atoms with E-state index in [-0.39, 0.29) is 24.2 Å². The van der Waals surface area contributed by atoms with Gasteiger partial charge in [-0.2, -0.15) is 0 Å². The van der Waals surface area contributed by atoms with Crippen LogP contribution in [0.1, 0.15) is 30.8 Å². The van der Waals surface area contributed by atoms with Crippen molar-refractivity contribution >= 4 is 17.8 Å². The maximum Gasteiger partial charge on any atom is 0.270 e. The fourth-order valence-corrected chi connectivity index (χ4v) is 2.14. The van der Waals surface area contributed by atoms with Crippen LogP contribution in [0.15, 0.2) is 12.3 Å². The lowest BCUT2D eigenvalue weighted by molar-refractivity contribution is -0.129. The predicted octanol–water partition coefficient (Wildman–Crippen LogP) is -0.380. The van der Waals surface area contributed by atoms with E-state index < -0.39 is 12.0 Å². The highest BCUT2D eigenvalue weighted by Crippen LogP contribution is 2.08. The molecular formula is C14H21N5O3. The third-order valence-electron chi connectivity index (χ3n) is 3.22. The van der Waals surface area contributed by atoms with Gasteiger partial charge in [0.1, 0.15) is 5.69 Å². The molecule has 0 spiro atoms. The number of nitrogens with zero attached hydrogens (tertiary/aromatic N) is 3. The van der Waals surface area contributed by atoms with E-state index in [1.54, 1.807) is 0 Å². The van der Waals surface area contributed by atoms with Crippen LogP contribution >= 0.6 is 0 Å². The molecule has 1 aliphatic rings. The molecule has 8 heteroatoms. The number of aliphatic hydroxyl groups excluding tert-OH is 1. The number of amides is 2. The van der Waals surface area contributed by atoms with Gasteiger partial charge < -0.3 is 20.6 Å². The van der Waals surface area contributed by atoms with E-state index in [0.29, 0.717) is 25.5 Å². The number of aliphatic hydroxyl groups is 1. The van der Waals surface area contributed by atoms with Crippen LogP contribution in [0.2, 0.25) is 0 Å². The molecule has 0 aromatic carbocycles. The Morgan fingerprint density at radius 2 is 2.27 bits per heavy atom. The average Bonchev–Trinajstić information content (AvgIpc) is 2.90. The first-order valence-electron chi connectivity index (χ1n) is 7.29. The highest BCUT2D eigenvalue weighted by molar-refractivity contribution is 5.95. The molecule has 2 heterocycles. The Morgan fingerprint density at radius 1 is 1.50 bits per heavy atom. The van der Waals surface area contributed by atoms with Gasteiger partial charge in [-0.25, -0.2) is 9.97 Å². The van der Waals surface area contributed by atoms with Gasteiger partial charge in [0.15, 0.2) is 0 Å². The van der Waals surface area contributed by atoms with Gasteiger partial charge in [0.05, 0.1) is 12.6 Å². The second-order valence-electron chi connectivity index (χ2n) is 5.53. The predicted molar refractivity (Wildman–Crippen MR) is 80.3 cm³/mol. The number of nitrogens with one attached hydrogen (secondary N) is 2. The summed E-state index contributed by atoms with van der Waals surface area (Å²) in [4.78, 5) is 33.6. The van der Waals surface area contributed by atoms with Gasteiger partial charge in [-0.05, 0) is 26.3 Å². The van der Waals surface area contributed by atoms with Crippen LogP contribution in [-0.4, -0.2) is 63.6 Å². The Morgan fingerprint density at radius 3 is 2.91 bits per heavy atom. The van der Waals surface area contributed by atoms with Crippen LogP contribution in [0.25, 0.3) is 0 Å². The van der Waals surface area contributed by atoms with Crippen molar-refractivity contribution in [1.29, 1.82) is 0 Å². The van der Waals surface area contributed by atoms with Gasteiger partial charge in [0, 0.05) is 25.3 Å². The summed E-state index contributed by atoms with van der Waals surface area (Å²) in [5, 5.41) is 15.0. The summed E-state index contributed by atoms with van der Waals surface area (Å²) in [6, 6.07) is 1.65. The first kappa shape index (κ1) is 16.2. The molecule has 0 aliphatic carbocycles. The average molecular weight is 307 g/mol. The molecular weight excluding hydrogens is 286 g/mol. The molecule has 1 aromatic heterocycles. The minimum Gasteiger partial charge on any atom is -0.391 e. The topological polar surface area (TPSA) is 107 Å². The maximum atomic E-state index is 12.0. The zero-order chi connectivity index (χ0) is 16.1. The van der Waals surface area contributed by atoms with Crippen molar-refractivity contribution in [2.75, 3.05) is 25.0 Å². The van der Waals surface area contributed by atoms with Crippen LogP contribution < -0.4 is 10.6 Å². The van der Waals surface area contributed by atoms with Crippen LogP contribution in [-0.2, 0) is 4.79 Å². The number of carbonyl (C=O) groups is 2. The summed E-state index contributed by atoms with van der Waals surface area (Å²) in [6.45, 7) is 4.62. The van der Waals surface area contributed by atoms with Gasteiger partial charge in [-0.1, -0.05) is 0 Å². The van der Waals surface area contributed by atoms with Gasteiger partial charge in [-0.3, -0.25) is 9.59 Å². The monoisotopic (exact) mass is 307 g/mol. The lowest BCUT2D eigenvalue weighted by atomic mass is 10.3. The molecule has 0 bridgehead atoms. The van der Waals surface area contributed by atoms with Crippen molar-refractivity contribution in [3.05, 3.63) is 18.0 Å². The number of anilines is 1. The molecule has 1 aliphatic heterocycles. The van der Waals surface area contributed by atoms with E-state index in [2.05, 4.69) is 20.6 Å². The molecule has 1 fully saturated rings. The van der Waals surface area contributed by atoms with Crippen LogP contribution in [0, 0.1) is 0 Å². The highest BCUT2D eigenvalue weighted by Gasteiger charge is 2.24. The van der Waals surface area contributed by atoms with Crippen molar-refractivity contribution in [2.24, 2.45) is 0 Å². The Balaban J connectivity index is 1.88. The second kappa shape index (κ2) is 7.17. The quantitative estimate of drug-likeness (QED) is 0.684. The number of carbonyl (C=O) groups excluding carboxylic acids is 2. The fourth-order valence-electron chi connectivity index (χ4n) is 2.14. The molecule has 1 unspecified atom stereocenters. The summed E-state index contributed by atoms with van der Waals surface area (Å²) in [7, 11) is 0. The number of aromatic nitrogens is 2. The highest BCUT2D eigenvalue weighted by atomic mass is 16.3. The SMILES string of the molecule is CC(C)Nc1nccc(C(=O)NCC(=O)N2CCC(O)C2)n1. The third-order valence-corrected chi connectivity index (χ3v) is 3.22. The number of rotatable bonds is 5. The largest absolute Gasteiger partial charge is 0.391 e. The zero-order valence-corrected chi connectivity index (χ0v) is 12.7. The number of hydrogen-bond acceptors (Lipinski definition) is 6. The summed E-state index contributed by atoms with van der Waals surface area (Å²) in [5.41, 5.74) is 0.201. The zero-order valence-electron chi connectivity index (χ0n) is 12.7. The van der Waals surface area contributed by atoms with Crippen molar-refractivity contribution in [1.82, 2.24) is 20.2 Å². The lowest BCUT2D eigenvalue weighted by Crippen LogP contribution is -2.39. The van der Waals surface area contributed by atoms with E-state index in [0.717, 1.165) is 0 Å². The van der Waals surface area contributed by atoms with E-state index in [1.807, 2.05) is 13.8 Å². The van der Waals surface area contributed by atoms with Crippen LogP contribution in [0.3, 0.4) is 0 Å². The smallest absolute Gasteiger partial charge is 0.270 e. The Labute approximate surface area is 128 Å². The number of hydrogen-bond donors (Lipinski definition) is 3. The molecule has 3 N–H and O–H groups in total. The van der Waals surface area contributed by atoms with E-state index in [1.165, 1.54) is 17.2 Å². The van der Waals surface area contributed by atoms with Crippen molar-refractivity contribution in [2.45, 2.75) is 32.4 Å². The number of likely N-dealkylation sites (tertiary alicyclic amines) is 1. The first-order chi connectivity index (χ1) is 10.5. The van der Waals surface area contributed by atoms with Crippen LogP contribution in [0.4, 0.5) is 5.95 Å². The van der Waals surface area contributed by atoms with Gasteiger partial charge >= 0.3 is 0 Å².